The summed E-state index contributed by atoms with van der Waals surface area (Å²) in [6.45, 7) is 4.49. The Balaban J connectivity index is 1.87. The molecule has 122 valence electrons. The topological polar surface area (TPSA) is 47.9 Å². The summed E-state index contributed by atoms with van der Waals surface area (Å²) in [4.78, 5) is 2.60. The lowest BCUT2D eigenvalue weighted by molar-refractivity contribution is -0.435. The van der Waals surface area contributed by atoms with Crippen molar-refractivity contribution in [1.29, 1.82) is 0 Å². The monoisotopic (exact) mass is 346 g/mol. The van der Waals surface area contributed by atoms with Crippen LogP contribution in [-0.4, -0.2) is 22.7 Å². The summed E-state index contributed by atoms with van der Waals surface area (Å²) in [5.74, 6) is 0.350. The number of aromatic hydroxyl groups is 1. The molecule has 0 saturated heterocycles. The molecule has 2 unspecified atom stereocenters. The van der Waals surface area contributed by atoms with E-state index in [9.17, 15) is 5.11 Å². The number of quaternary nitrogens is 1. The molecule has 0 spiro atoms. The second kappa shape index (κ2) is 6.42. The van der Waals surface area contributed by atoms with Crippen LogP contribution >= 0.6 is 23.5 Å². The Morgan fingerprint density at radius 3 is 2.39 bits per heavy atom. The molecule has 2 aromatic rings. The van der Waals surface area contributed by atoms with Crippen molar-refractivity contribution in [3.05, 3.63) is 53.6 Å². The number of fused-ring (bicyclic) bond motifs is 1. The summed E-state index contributed by atoms with van der Waals surface area (Å²) in [6.07, 6.45) is 3.10. The van der Waals surface area contributed by atoms with Crippen LogP contribution in [0.3, 0.4) is 0 Å². The lowest BCUT2D eigenvalue weighted by atomic mass is 9.69. The minimum absolute atomic E-state index is 0.0385. The van der Waals surface area contributed by atoms with Crippen molar-refractivity contribution >= 4 is 23.5 Å². The number of hydrogen-bond acceptors (Lipinski definition) is 3. The van der Waals surface area contributed by atoms with Gasteiger partial charge in [-0.3, -0.25) is 0 Å². The molecule has 1 aliphatic rings. The fourth-order valence-corrected chi connectivity index (χ4v) is 5.14. The number of rotatable bonds is 3. The van der Waals surface area contributed by atoms with Gasteiger partial charge in [-0.05, 0) is 60.2 Å². The third-order valence-corrected chi connectivity index (χ3v) is 7.02. The number of benzene rings is 2. The molecule has 2 aromatic carbocycles. The zero-order valence-corrected chi connectivity index (χ0v) is 15.5. The summed E-state index contributed by atoms with van der Waals surface area (Å²) < 4.78 is 0. The van der Waals surface area contributed by atoms with Gasteiger partial charge in [-0.15, -0.1) is 23.5 Å². The van der Waals surface area contributed by atoms with Gasteiger partial charge in [0.15, 0.2) is 0 Å². The zero-order valence-electron chi connectivity index (χ0n) is 13.9. The standard InChI is InChI=1S/C19H23NOS2/c1-19(2)16-11-13(21)5-4-12(16)10-17(18(19)20)23-15-8-6-14(22-3)7-9-15/h4-9,11,17-18,21H,10,20H2,1-3H3/p+1. The van der Waals surface area contributed by atoms with E-state index in [0.29, 0.717) is 17.0 Å². The molecular formula is C19H24NOS2+. The molecule has 0 fully saturated rings. The SMILES string of the molecule is CSc1ccc(SC2Cc3ccc(O)cc3C(C)(C)C2[NH3+])cc1. The molecule has 0 bridgehead atoms. The summed E-state index contributed by atoms with van der Waals surface area (Å²) in [7, 11) is 0. The highest BCUT2D eigenvalue weighted by Gasteiger charge is 2.43. The van der Waals surface area contributed by atoms with Gasteiger partial charge in [0.05, 0.1) is 5.25 Å². The predicted molar refractivity (Wildman–Crippen MR) is 99.4 cm³/mol. The van der Waals surface area contributed by atoms with E-state index in [-0.39, 0.29) is 5.41 Å². The first kappa shape index (κ1) is 16.7. The Morgan fingerprint density at radius 1 is 1.09 bits per heavy atom. The molecular weight excluding hydrogens is 322 g/mol. The van der Waals surface area contributed by atoms with Crippen LogP contribution in [-0.2, 0) is 11.8 Å². The Labute approximate surface area is 146 Å². The van der Waals surface area contributed by atoms with E-state index >= 15 is 0 Å². The smallest absolute Gasteiger partial charge is 0.115 e. The van der Waals surface area contributed by atoms with Crippen molar-refractivity contribution in [2.75, 3.05) is 6.26 Å². The Hall–Kier alpha value is -1.10. The zero-order chi connectivity index (χ0) is 16.6. The Kier molecular flexibility index (Phi) is 4.68. The van der Waals surface area contributed by atoms with Crippen LogP contribution in [0.5, 0.6) is 5.75 Å². The quantitative estimate of drug-likeness (QED) is 0.833. The lowest BCUT2D eigenvalue weighted by Crippen LogP contribution is -2.74. The molecule has 23 heavy (non-hydrogen) atoms. The third kappa shape index (κ3) is 3.25. The maximum atomic E-state index is 9.83. The van der Waals surface area contributed by atoms with E-state index in [2.05, 4.69) is 56.2 Å². The summed E-state index contributed by atoms with van der Waals surface area (Å²) in [5.41, 5.74) is 7.03. The predicted octanol–water partition coefficient (Wildman–Crippen LogP) is 3.72. The molecule has 3 rings (SSSR count). The van der Waals surface area contributed by atoms with Crippen LogP contribution < -0.4 is 5.73 Å². The van der Waals surface area contributed by atoms with Crippen molar-refractivity contribution in [2.24, 2.45) is 0 Å². The van der Waals surface area contributed by atoms with Gasteiger partial charge >= 0.3 is 0 Å². The molecule has 0 heterocycles. The summed E-state index contributed by atoms with van der Waals surface area (Å²) in [5, 5.41) is 10.3. The number of phenols is 1. The van der Waals surface area contributed by atoms with Gasteiger partial charge in [0.25, 0.3) is 0 Å². The van der Waals surface area contributed by atoms with E-state index in [1.54, 1.807) is 17.8 Å². The molecule has 4 N–H and O–H groups in total. The van der Waals surface area contributed by atoms with Crippen LogP contribution in [0.2, 0.25) is 0 Å². The van der Waals surface area contributed by atoms with E-state index in [4.69, 9.17) is 0 Å². The fourth-order valence-electron chi connectivity index (χ4n) is 3.32. The largest absolute Gasteiger partial charge is 0.508 e. The van der Waals surface area contributed by atoms with E-state index in [1.165, 1.54) is 20.9 Å². The molecule has 4 heteroatoms. The summed E-state index contributed by atoms with van der Waals surface area (Å²) in [6, 6.07) is 14.9. The van der Waals surface area contributed by atoms with Crippen molar-refractivity contribution in [1.82, 2.24) is 0 Å². The highest BCUT2D eigenvalue weighted by molar-refractivity contribution is 8.00. The van der Waals surface area contributed by atoms with Crippen LogP contribution in [0.25, 0.3) is 0 Å². The Morgan fingerprint density at radius 2 is 1.74 bits per heavy atom. The van der Waals surface area contributed by atoms with Crippen LogP contribution in [0, 0.1) is 0 Å². The van der Waals surface area contributed by atoms with E-state index < -0.39 is 0 Å². The first-order valence-electron chi connectivity index (χ1n) is 7.88. The minimum Gasteiger partial charge on any atom is -0.508 e. The van der Waals surface area contributed by atoms with Crippen molar-refractivity contribution < 1.29 is 10.8 Å². The highest BCUT2D eigenvalue weighted by atomic mass is 32.2. The van der Waals surface area contributed by atoms with Gasteiger partial charge in [0.2, 0.25) is 0 Å². The first-order valence-corrected chi connectivity index (χ1v) is 9.98. The maximum Gasteiger partial charge on any atom is 0.115 e. The first-order chi connectivity index (χ1) is 10.9. The van der Waals surface area contributed by atoms with Gasteiger partial charge in [-0.25, -0.2) is 0 Å². The highest BCUT2D eigenvalue weighted by Crippen LogP contribution is 2.42. The number of thioether (sulfide) groups is 2. The molecule has 0 aliphatic heterocycles. The van der Waals surface area contributed by atoms with Gasteiger partial charge in [-0.2, -0.15) is 0 Å². The number of phenolic OH excluding ortho intramolecular Hbond substituents is 1. The minimum atomic E-state index is -0.0385. The third-order valence-electron chi connectivity index (χ3n) is 4.93. The normalized spacial score (nSPS) is 22.6. The van der Waals surface area contributed by atoms with E-state index in [0.717, 1.165) is 6.42 Å². The van der Waals surface area contributed by atoms with Gasteiger partial charge in [-0.1, -0.05) is 19.9 Å². The van der Waals surface area contributed by atoms with Crippen LogP contribution in [0.1, 0.15) is 25.0 Å². The summed E-state index contributed by atoms with van der Waals surface area (Å²) >= 11 is 3.70. The second-order valence-electron chi connectivity index (χ2n) is 6.71. The Bertz CT molecular complexity index is 697. The maximum absolute atomic E-state index is 9.83. The molecule has 2 atom stereocenters. The fraction of sp³-hybridized carbons (Fsp3) is 0.368. The van der Waals surface area contributed by atoms with Gasteiger partial charge < -0.3 is 10.8 Å². The molecule has 1 aliphatic carbocycles. The number of hydrogen-bond donors (Lipinski definition) is 2. The molecule has 0 aromatic heterocycles. The van der Waals surface area contributed by atoms with E-state index in [1.807, 2.05) is 17.8 Å². The van der Waals surface area contributed by atoms with Gasteiger partial charge in [0, 0.05) is 15.2 Å². The van der Waals surface area contributed by atoms with Gasteiger partial charge in [0.1, 0.15) is 11.8 Å². The second-order valence-corrected chi connectivity index (χ2v) is 8.90. The molecule has 0 radical (unpaired) electrons. The average Bonchev–Trinajstić information content (AvgIpc) is 2.54. The van der Waals surface area contributed by atoms with Crippen molar-refractivity contribution in [3.63, 3.8) is 0 Å². The van der Waals surface area contributed by atoms with Crippen molar-refractivity contribution in [3.8, 4) is 5.75 Å². The molecule has 0 saturated carbocycles. The lowest BCUT2D eigenvalue weighted by Gasteiger charge is -2.40. The van der Waals surface area contributed by atoms with Crippen LogP contribution in [0.4, 0.5) is 0 Å². The molecule has 0 amide bonds. The van der Waals surface area contributed by atoms with Crippen LogP contribution in [0.15, 0.2) is 52.3 Å². The average molecular weight is 347 g/mol. The van der Waals surface area contributed by atoms with Crippen molar-refractivity contribution in [2.45, 2.75) is 46.8 Å². The molecule has 2 nitrogen and oxygen atoms in total.